The van der Waals surface area contributed by atoms with Crippen LogP contribution in [0.4, 0.5) is 0 Å². The van der Waals surface area contributed by atoms with Crippen LogP contribution in [0.5, 0.6) is 0 Å². The zero-order chi connectivity index (χ0) is 10.6. The summed E-state index contributed by atoms with van der Waals surface area (Å²) in [4.78, 5) is 10.3. The fourth-order valence-electron chi connectivity index (χ4n) is 0.765. The smallest absolute Gasteiger partial charge is 0.328 e. The minimum absolute atomic E-state index is 0.459. The number of aromatic nitrogens is 2. The Hall–Kier alpha value is -1.30. The van der Waals surface area contributed by atoms with Crippen molar-refractivity contribution in [2.45, 2.75) is 19.1 Å². The van der Waals surface area contributed by atoms with Crippen molar-refractivity contribution >= 4 is 17.7 Å². The van der Waals surface area contributed by atoms with Gasteiger partial charge in [-0.2, -0.15) is 0 Å². The van der Waals surface area contributed by atoms with E-state index in [0.717, 1.165) is 11.6 Å². The molecule has 0 radical (unpaired) electrons. The van der Waals surface area contributed by atoms with E-state index in [4.69, 9.17) is 9.52 Å². The van der Waals surface area contributed by atoms with E-state index >= 15 is 0 Å². The second kappa shape index (κ2) is 4.80. The molecule has 0 aliphatic heterocycles. The van der Waals surface area contributed by atoms with Gasteiger partial charge < -0.3 is 9.52 Å². The van der Waals surface area contributed by atoms with Gasteiger partial charge in [0.1, 0.15) is 0 Å². The first kappa shape index (κ1) is 10.8. The topological polar surface area (TPSA) is 76.2 Å². The summed E-state index contributed by atoms with van der Waals surface area (Å²) in [6.07, 6.45) is 1.16. The van der Waals surface area contributed by atoms with Crippen LogP contribution in [0.15, 0.2) is 21.3 Å². The van der Waals surface area contributed by atoms with Gasteiger partial charge >= 0.3 is 5.97 Å². The summed E-state index contributed by atoms with van der Waals surface area (Å²) >= 11 is 1.32. The van der Waals surface area contributed by atoms with E-state index in [2.05, 4.69) is 10.2 Å². The molecule has 0 amide bonds. The lowest BCUT2D eigenvalue weighted by Gasteiger charge is -1.94. The van der Waals surface area contributed by atoms with E-state index in [0.29, 0.717) is 16.9 Å². The van der Waals surface area contributed by atoms with E-state index in [1.165, 1.54) is 11.8 Å². The van der Waals surface area contributed by atoms with Gasteiger partial charge in [0.15, 0.2) is 0 Å². The van der Waals surface area contributed by atoms with Gasteiger partial charge in [-0.25, -0.2) is 4.79 Å². The lowest BCUT2D eigenvalue weighted by Crippen LogP contribution is -1.91. The summed E-state index contributed by atoms with van der Waals surface area (Å²) in [6.45, 7) is 3.45. The third-order valence-electron chi connectivity index (χ3n) is 1.30. The van der Waals surface area contributed by atoms with Crippen molar-refractivity contribution < 1.29 is 14.3 Å². The maximum atomic E-state index is 10.3. The van der Waals surface area contributed by atoms with Gasteiger partial charge in [0, 0.05) is 18.8 Å². The number of hydrogen-bond acceptors (Lipinski definition) is 5. The Labute approximate surface area is 85.2 Å². The standard InChI is InChI=1S/C8H10N2O3S/c1-5(3-7(11)12)4-14-8-10-9-6(2)13-8/h3H,4H2,1-2H3,(H,11,12). The Morgan fingerprint density at radius 2 is 2.36 bits per heavy atom. The number of aryl methyl sites for hydroxylation is 1. The molecular weight excluding hydrogens is 204 g/mol. The lowest BCUT2D eigenvalue weighted by molar-refractivity contribution is -0.131. The fourth-order valence-corrected chi connectivity index (χ4v) is 1.48. The zero-order valence-electron chi connectivity index (χ0n) is 7.85. The molecule has 1 N–H and O–H groups in total. The van der Waals surface area contributed by atoms with Gasteiger partial charge in [-0.05, 0) is 6.92 Å². The second-order valence-electron chi connectivity index (χ2n) is 2.70. The van der Waals surface area contributed by atoms with Crippen LogP contribution in [0.2, 0.25) is 0 Å². The van der Waals surface area contributed by atoms with E-state index in [1.54, 1.807) is 13.8 Å². The summed E-state index contributed by atoms with van der Waals surface area (Å²) in [6, 6.07) is 0. The van der Waals surface area contributed by atoms with Crippen molar-refractivity contribution in [1.82, 2.24) is 10.2 Å². The number of thioether (sulfide) groups is 1. The van der Waals surface area contributed by atoms with Gasteiger partial charge in [-0.15, -0.1) is 10.2 Å². The first-order valence-electron chi connectivity index (χ1n) is 3.91. The lowest BCUT2D eigenvalue weighted by atomic mass is 10.3. The number of carboxylic acid groups (broad SMARTS) is 1. The van der Waals surface area contributed by atoms with Gasteiger partial charge in [0.25, 0.3) is 5.22 Å². The van der Waals surface area contributed by atoms with E-state index < -0.39 is 5.97 Å². The van der Waals surface area contributed by atoms with Crippen molar-refractivity contribution in [1.29, 1.82) is 0 Å². The number of aliphatic carboxylic acids is 1. The average molecular weight is 214 g/mol. The van der Waals surface area contributed by atoms with Crippen molar-refractivity contribution in [3.8, 4) is 0 Å². The van der Waals surface area contributed by atoms with E-state index in [9.17, 15) is 4.79 Å². The maximum absolute atomic E-state index is 10.3. The quantitative estimate of drug-likeness (QED) is 0.604. The third-order valence-corrected chi connectivity index (χ3v) is 2.31. The number of carbonyl (C=O) groups is 1. The van der Waals surface area contributed by atoms with Gasteiger partial charge in [0.2, 0.25) is 5.89 Å². The molecule has 1 heterocycles. The Balaban J connectivity index is 2.45. The van der Waals surface area contributed by atoms with Crippen molar-refractivity contribution in [3.05, 3.63) is 17.5 Å². The molecule has 0 unspecified atom stereocenters. The number of hydrogen-bond donors (Lipinski definition) is 1. The summed E-state index contributed by atoms with van der Waals surface area (Å²) in [5, 5.41) is 16.3. The average Bonchev–Trinajstić information content (AvgIpc) is 2.47. The molecule has 1 rings (SSSR count). The molecule has 0 fully saturated rings. The second-order valence-corrected chi connectivity index (χ2v) is 3.63. The molecule has 14 heavy (non-hydrogen) atoms. The molecular formula is C8H10N2O3S. The van der Waals surface area contributed by atoms with E-state index in [-0.39, 0.29) is 0 Å². The highest BCUT2D eigenvalue weighted by Gasteiger charge is 2.03. The highest BCUT2D eigenvalue weighted by atomic mass is 32.2. The molecule has 0 saturated heterocycles. The van der Waals surface area contributed by atoms with Crippen LogP contribution >= 0.6 is 11.8 Å². The number of carboxylic acids is 1. The molecule has 0 spiro atoms. The maximum Gasteiger partial charge on any atom is 0.328 e. The van der Waals surface area contributed by atoms with E-state index in [1.807, 2.05) is 0 Å². The van der Waals surface area contributed by atoms with Crippen LogP contribution in [0.25, 0.3) is 0 Å². The minimum Gasteiger partial charge on any atom is -0.478 e. The molecule has 1 aromatic heterocycles. The zero-order valence-corrected chi connectivity index (χ0v) is 8.67. The summed E-state index contributed by atoms with van der Waals surface area (Å²) in [5.41, 5.74) is 0.748. The van der Waals surface area contributed by atoms with Crippen LogP contribution in [-0.4, -0.2) is 27.0 Å². The molecule has 0 atom stereocenters. The SMILES string of the molecule is CC(=CC(=O)O)CSc1nnc(C)o1. The van der Waals surface area contributed by atoms with Crippen LogP contribution in [0.1, 0.15) is 12.8 Å². The summed E-state index contributed by atoms with van der Waals surface area (Å²) in [5.74, 6) is 0.102. The van der Waals surface area contributed by atoms with Crippen LogP contribution < -0.4 is 0 Å². The van der Waals surface area contributed by atoms with Gasteiger partial charge in [-0.3, -0.25) is 0 Å². The number of rotatable bonds is 4. The monoisotopic (exact) mass is 214 g/mol. The minimum atomic E-state index is -0.940. The van der Waals surface area contributed by atoms with Crippen molar-refractivity contribution in [2.75, 3.05) is 5.75 Å². The van der Waals surface area contributed by atoms with Crippen LogP contribution in [0.3, 0.4) is 0 Å². The Kier molecular flexibility index (Phi) is 3.70. The highest BCUT2D eigenvalue weighted by molar-refractivity contribution is 7.99. The highest BCUT2D eigenvalue weighted by Crippen LogP contribution is 2.18. The number of nitrogens with zero attached hydrogens (tertiary/aromatic N) is 2. The molecule has 76 valence electrons. The van der Waals surface area contributed by atoms with Crippen LogP contribution in [-0.2, 0) is 4.79 Å². The van der Waals surface area contributed by atoms with Crippen molar-refractivity contribution in [2.24, 2.45) is 0 Å². The summed E-state index contributed by atoms with van der Waals surface area (Å²) in [7, 11) is 0. The molecule has 0 aromatic carbocycles. The summed E-state index contributed by atoms with van der Waals surface area (Å²) < 4.78 is 5.10. The largest absolute Gasteiger partial charge is 0.478 e. The first-order chi connectivity index (χ1) is 6.58. The predicted molar refractivity (Wildman–Crippen MR) is 51.2 cm³/mol. The predicted octanol–water partition coefficient (Wildman–Crippen LogP) is 1.50. The molecule has 0 aliphatic carbocycles. The fraction of sp³-hybridized carbons (Fsp3) is 0.375. The molecule has 0 bridgehead atoms. The Bertz CT molecular complexity index is 359. The molecule has 0 saturated carbocycles. The molecule has 6 heteroatoms. The Morgan fingerprint density at radius 3 is 2.86 bits per heavy atom. The van der Waals surface area contributed by atoms with Crippen LogP contribution in [0, 0.1) is 6.92 Å². The molecule has 1 aromatic rings. The van der Waals surface area contributed by atoms with Gasteiger partial charge in [-0.1, -0.05) is 17.3 Å². The first-order valence-corrected chi connectivity index (χ1v) is 4.89. The molecule has 5 nitrogen and oxygen atoms in total. The Morgan fingerprint density at radius 1 is 1.64 bits per heavy atom. The van der Waals surface area contributed by atoms with Gasteiger partial charge in [0.05, 0.1) is 0 Å². The van der Waals surface area contributed by atoms with Crippen molar-refractivity contribution in [3.63, 3.8) is 0 Å². The normalized spacial score (nSPS) is 11.7. The third kappa shape index (κ3) is 3.61. The molecule has 0 aliphatic rings.